The molecule has 0 aliphatic carbocycles. The van der Waals surface area contributed by atoms with E-state index < -0.39 is 23.1 Å². The maximum absolute atomic E-state index is 13.6. The zero-order chi connectivity index (χ0) is 20.3. The zero-order valence-electron chi connectivity index (χ0n) is 15.8. The molecule has 5 nitrogen and oxygen atoms in total. The molecule has 0 spiro atoms. The third-order valence-electron chi connectivity index (χ3n) is 4.44. The molecule has 0 radical (unpaired) electrons. The van der Waals surface area contributed by atoms with E-state index in [9.17, 15) is 18.8 Å². The Kier molecular flexibility index (Phi) is 7.08. The zero-order valence-corrected chi connectivity index (χ0v) is 16.7. The Morgan fingerprint density at radius 3 is 2.41 bits per heavy atom. The molecule has 1 heterocycles. The Morgan fingerprint density at radius 1 is 1.10 bits per heavy atom. The molecule has 0 saturated heterocycles. The van der Waals surface area contributed by atoms with Gasteiger partial charge in [0.05, 0.1) is 11.1 Å². The average molecular weight is 417 g/mol. The molecule has 0 aliphatic rings. The number of hydrogen-bond donors (Lipinski definition) is 2. The summed E-state index contributed by atoms with van der Waals surface area (Å²) in [5.41, 5.74) is 2.72. The molecule has 8 heteroatoms. The van der Waals surface area contributed by atoms with E-state index in [1.165, 1.54) is 6.07 Å². The number of halogens is 3. The van der Waals surface area contributed by atoms with E-state index in [2.05, 4.69) is 21.7 Å². The van der Waals surface area contributed by atoms with Gasteiger partial charge >= 0.3 is 0 Å². The summed E-state index contributed by atoms with van der Waals surface area (Å²) in [6, 6.07) is 11.0. The number of anilines is 1. The molecule has 2 aromatic carbocycles. The number of nitriles is 1. The Labute approximate surface area is 173 Å². The first-order chi connectivity index (χ1) is 13.4. The second-order valence-electron chi connectivity index (χ2n) is 6.40. The van der Waals surface area contributed by atoms with E-state index in [0.717, 1.165) is 34.2 Å². The van der Waals surface area contributed by atoms with E-state index in [0.29, 0.717) is 11.4 Å². The number of rotatable bonds is 5. The number of carbonyl (C=O) groups is 1. The number of amides is 1. The highest BCUT2D eigenvalue weighted by atomic mass is 35.5. The van der Waals surface area contributed by atoms with Crippen molar-refractivity contribution in [3.8, 4) is 6.07 Å². The first kappa shape index (κ1) is 22.1. The lowest BCUT2D eigenvalue weighted by atomic mass is 10.0. The minimum atomic E-state index is -0.918. The highest BCUT2D eigenvalue weighted by molar-refractivity contribution is 5.94. The molecule has 0 atom stereocenters. The number of hydrogen-bond acceptors (Lipinski definition) is 4. The summed E-state index contributed by atoms with van der Waals surface area (Å²) in [6.07, 6.45) is 0. The Balaban J connectivity index is 0.00000300. The number of aryl methyl sites for hydroxylation is 2. The fourth-order valence-corrected chi connectivity index (χ4v) is 2.82. The summed E-state index contributed by atoms with van der Waals surface area (Å²) in [5.74, 6) is -2.28. The molecule has 0 unspecified atom stereocenters. The Hall–Kier alpha value is -3.24. The lowest BCUT2D eigenvalue weighted by molar-refractivity contribution is 0.0946. The summed E-state index contributed by atoms with van der Waals surface area (Å²) in [5, 5.41) is 15.7. The van der Waals surface area contributed by atoms with E-state index >= 15 is 0 Å². The van der Waals surface area contributed by atoms with Crippen LogP contribution in [0.5, 0.6) is 0 Å². The lowest BCUT2D eigenvalue weighted by Crippen LogP contribution is -2.30. The number of benzene rings is 2. The van der Waals surface area contributed by atoms with Crippen molar-refractivity contribution in [3.05, 3.63) is 70.3 Å². The summed E-state index contributed by atoms with van der Waals surface area (Å²) in [7, 11) is 0. The molecule has 0 saturated carbocycles. The van der Waals surface area contributed by atoms with Crippen molar-refractivity contribution in [2.75, 3.05) is 18.4 Å². The first-order valence-electron chi connectivity index (χ1n) is 8.69. The normalized spacial score (nSPS) is 10.2. The van der Waals surface area contributed by atoms with Crippen LogP contribution in [-0.4, -0.2) is 24.0 Å². The second kappa shape index (κ2) is 9.30. The average Bonchev–Trinajstić information content (AvgIpc) is 2.65. The van der Waals surface area contributed by atoms with Gasteiger partial charge in [-0.3, -0.25) is 4.79 Å². The summed E-state index contributed by atoms with van der Waals surface area (Å²) < 4.78 is 27.2. The SMILES string of the molecule is Cc1cc2cc(C#N)c(NCCNC(=O)c3c(F)cccc3F)nc2cc1C.Cl. The molecule has 2 N–H and O–H groups in total. The predicted molar refractivity (Wildman–Crippen MR) is 110 cm³/mol. The Morgan fingerprint density at radius 2 is 1.76 bits per heavy atom. The number of aromatic nitrogens is 1. The van der Waals surface area contributed by atoms with Gasteiger partial charge in [0.25, 0.3) is 5.91 Å². The van der Waals surface area contributed by atoms with Crippen molar-refractivity contribution in [3.63, 3.8) is 0 Å². The van der Waals surface area contributed by atoms with E-state index in [4.69, 9.17) is 0 Å². The van der Waals surface area contributed by atoms with Crippen molar-refractivity contribution in [2.45, 2.75) is 13.8 Å². The molecule has 3 rings (SSSR count). The monoisotopic (exact) mass is 416 g/mol. The van der Waals surface area contributed by atoms with Gasteiger partial charge in [-0.05, 0) is 55.3 Å². The Bertz CT molecular complexity index is 1090. The van der Waals surface area contributed by atoms with Gasteiger partial charge in [-0.1, -0.05) is 6.07 Å². The summed E-state index contributed by atoms with van der Waals surface area (Å²) in [4.78, 5) is 16.5. The standard InChI is InChI=1S/C21H18F2N4O.ClH/c1-12-8-14-10-15(11-24)20(27-18(14)9-13(12)2)25-6-7-26-21(28)19-16(22)4-3-5-17(19)23;/h3-5,8-10H,6-7H2,1-2H3,(H,25,27)(H,26,28);1H. The molecule has 1 aromatic heterocycles. The lowest BCUT2D eigenvalue weighted by Gasteiger charge is -2.11. The molecule has 1 amide bonds. The van der Waals surface area contributed by atoms with Gasteiger partial charge in [0, 0.05) is 18.5 Å². The summed E-state index contributed by atoms with van der Waals surface area (Å²) in [6.45, 7) is 4.32. The number of nitrogens with zero attached hydrogens (tertiary/aromatic N) is 2. The maximum atomic E-state index is 13.6. The van der Waals surface area contributed by atoms with Crippen LogP contribution in [0.25, 0.3) is 10.9 Å². The van der Waals surface area contributed by atoms with Crippen molar-refractivity contribution in [2.24, 2.45) is 0 Å². The molecule has 0 bridgehead atoms. The molecule has 0 aliphatic heterocycles. The molecular weight excluding hydrogens is 398 g/mol. The first-order valence-corrected chi connectivity index (χ1v) is 8.69. The van der Waals surface area contributed by atoms with Gasteiger partial charge in [-0.2, -0.15) is 5.26 Å². The van der Waals surface area contributed by atoms with Crippen molar-refractivity contribution in [1.29, 1.82) is 5.26 Å². The van der Waals surface area contributed by atoms with Crippen LogP contribution in [0.1, 0.15) is 27.0 Å². The van der Waals surface area contributed by atoms with Crippen LogP contribution in [-0.2, 0) is 0 Å². The largest absolute Gasteiger partial charge is 0.367 e. The van der Waals surface area contributed by atoms with Crippen molar-refractivity contribution in [1.82, 2.24) is 10.3 Å². The van der Waals surface area contributed by atoms with Crippen LogP contribution in [0.4, 0.5) is 14.6 Å². The van der Waals surface area contributed by atoms with Gasteiger partial charge in [-0.15, -0.1) is 12.4 Å². The topological polar surface area (TPSA) is 77.8 Å². The van der Waals surface area contributed by atoms with Crippen molar-refractivity contribution < 1.29 is 13.6 Å². The van der Waals surface area contributed by atoms with Crippen LogP contribution in [0, 0.1) is 36.8 Å². The predicted octanol–water partition coefficient (Wildman–Crippen LogP) is 4.27. The fraction of sp³-hybridized carbons (Fsp3) is 0.190. The maximum Gasteiger partial charge on any atom is 0.257 e. The minimum Gasteiger partial charge on any atom is -0.367 e. The van der Waals surface area contributed by atoms with Gasteiger partial charge in [-0.25, -0.2) is 13.8 Å². The van der Waals surface area contributed by atoms with E-state index in [1.807, 2.05) is 26.0 Å². The van der Waals surface area contributed by atoms with E-state index in [-0.39, 0.29) is 25.5 Å². The fourth-order valence-electron chi connectivity index (χ4n) is 2.82. The van der Waals surface area contributed by atoms with Crippen LogP contribution in [0.15, 0.2) is 36.4 Å². The third-order valence-corrected chi connectivity index (χ3v) is 4.44. The highest BCUT2D eigenvalue weighted by Crippen LogP contribution is 2.23. The quantitative estimate of drug-likeness (QED) is 0.609. The van der Waals surface area contributed by atoms with Crippen LogP contribution in [0.2, 0.25) is 0 Å². The van der Waals surface area contributed by atoms with Crippen LogP contribution in [0.3, 0.4) is 0 Å². The number of nitrogens with one attached hydrogen (secondary N) is 2. The van der Waals surface area contributed by atoms with Crippen LogP contribution >= 0.6 is 12.4 Å². The van der Waals surface area contributed by atoms with Crippen molar-refractivity contribution >= 4 is 35.0 Å². The highest BCUT2D eigenvalue weighted by Gasteiger charge is 2.16. The number of fused-ring (bicyclic) bond motifs is 1. The molecule has 150 valence electrons. The third kappa shape index (κ3) is 4.79. The second-order valence-corrected chi connectivity index (χ2v) is 6.40. The molecule has 0 fully saturated rings. The smallest absolute Gasteiger partial charge is 0.257 e. The summed E-state index contributed by atoms with van der Waals surface area (Å²) >= 11 is 0. The van der Waals surface area contributed by atoms with Gasteiger partial charge < -0.3 is 10.6 Å². The minimum absolute atomic E-state index is 0. The molecule has 3 aromatic rings. The van der Waals surface area contributed by atoms with Gasteiger partial charge in [0.15, 0.2) is 0 Å². The van der Waals surface area contributed by atoms with Gasteiger partial charge in [0.2, 0.25) is 0 Å². The van der Waals surface area contributed by atoms with E-state index in [1.54, 1.807) is 6.07 Å². The molecular formula is C21H19ClF2N4O. The van der Waals surface area contributed by atoms with Gasteiger partial charge in [0.1, 0.15) is 29.1 Å². The molecule has 29 heavy (non-hydrogen) atoms. The number of pyridine rings is 1. The number of carbonyl (C=O) groups excluding carboxylic acids is 1. The van der Waals surface area contributed by atoms with Crippen LogP contribution < -0.4 is 10.6 Å².